The number of aromatic nitrogens is 4. The number of nitrogens with zero attached hydrogens (tertiary/aromatic N) is 6. The van der Waals surface area contributed by atoms with Crippen LogP contribution >= 0.6 is 11.3 Å². The normalized spacial score (nSPS) is 14.0. The molecule has 2 aromatic carbocycles. The molecular formula is C23H21N7O4S. The number of nitro groups is 1. The van der Waals surface area contributed by atoms with Crippen molar-refractivity contribution in [3.63, 3.8) is 0 Å². The number of benzene rings is 2. The Morgan fingerprint density at radius 2 is 2.00 bits per heavy atom. The van der Waals surface area contributed by atoms with Crippen LogP contribution in [0, 0.1) is 17.0 Å². The molecule has 1 fully saturated rings. The Labute approximate surface area is 203 Å². The van der Waals surface area contributed by atoms with Gasteiger partial charge in [-0.05, 0) is 36.8 Å². The number of morpholine rings is 1. The van der Waals surface area contributed by atoms with Gasteiger partial charge in [-0.3, -0.25) is 14.9 Å². The second-order valence-electron chi connectivity index (χ2n) is 7.82. The second-order valence-corrected chi connectivity index (χ2v) is 8.78. The van der Waals surface area contributed by atoms with E-state index in [1.54, 1.807) is 28.8 Å². The van der Waals surface area contributed by atoms with Crippen LogP contribution in [0.3, 0.4) is 0 Å². The van der Waals surface area contributed by atoms with Crippen LogP contribution in [0.2, 0.25) is 0 Å². The predicted octanol–water partition coefficient (Wildman–Crippen LogP) is 3.56. The lowest BCUT2D eigenvalue weighted by atomic mass is 10.1. The summed E-state index contributed by atoms with van der Waals surface area (Å²) >= 11 is 1.37. The average molecular weight is 492 g/mol. The van der Waals surface area contributed by atoms with E-state index in [2.05, 4.69) is 20.6 Å². The van der Waals surface area contributed by atoms with Crippen molar-refractivity contribution < 1.29 is 14.5 Å². The number of hydrogen-bond donors (Lipinski definition) is 1. The molecule has 0 saturated carbocycles. The van der Waals surface area contributed by atoms with E-state index in [0.717, 1.165) is 5.56 Å². The van der Waals surface area contributed by atoms with Crippen molar-refractivity contribution in [2.45, 2.75) is 6.92 Å². The Hall–Kier alpha value is -4.16. The van der Waals surface area contributed by atoms with E-state index in [9.17, 15) is 14.9 Å². The zero-order chi connectivity index (χ0) is 24.4. The average Bonchev–Trinajstić information content (AvgIpc) is 3.45. The molecular weight excluding hydrogens is 470 g/mol. The van der Waals surface area contributed by atoms with Crippen LogP contribution in [0.25, 0.3) is 21.6 Å². The number of aryl methyl sites for hydroxylation is 1. The number of anilines is 2. The number of hydrogen-bond acceptors (Lipinski definition) is 9. The molecule has 0 radical (unpaired) electrons. The van der Waals surface area contributed by atoms with Gasteiger partial charge in [-0.2, -0.15) is 9.61 Å². The largest absolute Gasteiger partial charge is 0.378 e. The van der Waals surface area contributed by atoms with Crippen molar-refractivity contribution in [1.29, 1.82) is 0 Å². The summed E-state index contributed by atoms with van der Waals surface area (Å²) in [5, 5.41) is 27.9. The van der Waals surface area contributed by atoms with Gasteiger partial charge in [0.15, 0.2) is 5.82 Å². The molecule has 4 aromatic rings. The van der Waals surface area contributed by atoms with Crippen molar-refractivity contribution in [3.05, 3.63) is 70.0 Å². The van der Waals surface area contributed by atoms with Crippen molar-refractivity contribution >= 4 is 45.3 Å². The van der Waals surface area contributed by atoms with E-state index < -0.39 is 4.92 Å². The fourth-order valence-corrected chi connectivity index (χ4v) is 4.73. The fraction of sp³-hybridized carbons (Fsp3) is 0.217. The Balaban J connectivity index is 1.34. The molecule has 0 unspecified atom stereocenters. The zero-order valence-corrected chi connectivity index (χ0v) is 19.6. The van der Waals surface area contributed by atoms with Crippen molar-refractivity contribution in [3.8, 4) is 10.6 Å². The molecule has 0 atom stereocenters. The van der Waals surface area contributed by atoms with Gasteiger partial charge < -0.3 is 15.0 Å². The van der Waals surface area contributed by atoms with Gasteiger partial charge in [0, 0.05) is 30.8 Å². The molecule has 35 heavy (non-hydrogen) atoms. The third kappa shape index (κ3) is 4.74. The maximum absolute atomic E-state index is 12.7. The lowest BCUT2D eigenvalue weighted by Gasteiger charge is -2.28. The van der Waals surface area contributed by atoms with Crippen LogP contribution < -0.4 is 10.2 Å². The highest BCUT2D eigenvalue weighted by Gasteiger charge is 2.21. The highest BCUT2D eigenvalue weighted by molar-refractivity contribution is 7.19. The van der Waals surface area contributed by atoms with Crippen LogP contribution in [-0.2, 0) is 9.53 Å². The molecule has 1 aliphatic rings. The monoisotopic (exact) mass is 491 g/mol. The first-order chi connectivity index (χ1) is 17.0. The number of ether oxygens (including phenoxy) is 1. The van der Waals surface area contributed by atoms with Crippen molar-refractivity contribution in [1.82, 2.24) is 19.8 Å². The minimum Gasteiger partial charge on any atom is -0.378 e. The zero-order valence-electron chi connectivity index (χ0n) is 18.7. The summed E-state index contributed by atoms with van der Waals surface area (Å²) in [4.78, 5) is 26.5. The number of nitrogens with one attached hydrogen (secondary N) is 1. The minimum absolute atomic E-state index is 0.00151. The van der Waals surface area contributed by atoms with E-state index in [1.807, 2.05) is 30.0 Å². The van der Waals surface area contributed by atoms with Gasteiger partial charge in [-0.1, -0.05) is 29.5 Å². The van der Waals surface area contributed by atoms with E-state index in [1.165, 1.54) is 23.5 Å². The van der Waals surface area contributed by atoms with Crippen LogP contribution in [0.5, 0.6) is 0 Å². The maximum Gasteiger partial charge on any atom is 0.293 e. The number of rotatable bonds is 6. The Kier molecular flexibility index (Phi) is 6.21. The summed E-state index contributed by atoms with van der Waals surface area (Å²) in [6, 6.07) is 12.3. The summed E-state index contributed by atoms with van der Waals surface area (Å²) < 4.78 is 6.99. The summed E-state index contributed by atoms with van der Waals surface area (Å²) in [5.41, 5.74) is 2.46. The molecule has 1 N–H and O–H groups in total. The van der Waals surface area contributed by atoms with Gasteiger partial charge in [0.1, 0.15) is 10.7 Å². The molecule has 1 aliphatic heterocycles. The summed E-state index contributed by atoms with van der Waals surface area (Å²) in [6.45, 7) is 4.08. The summed E-state index contributed by atoms with van der Waals surface area (Å²) in [7, 11) is 0. The number of amides is 1. The quantitative estimate of drug-likeness (QED) is 0.246. The SMILES string of the molecule is Cc1nnc2sc(-c3ccccc3NC(=O)/C=C/c3ccc(N4CCOCC4)c([N+](=O)[O-])c3)nn12. The highest BCUT2D eigenvalue weighted by atomic mass is 32.1. The summed E-state index contributed by atoms with van der Waals surface area (Å²) in [6.07, 6.45) is 2.91. The van der Waals surface area contributed by atoms with Gasteiger partial charge in [0.2, 0.25) is 10.9 Å². The molecule has 0 aliphatic carbocycles. The number of fused-ring (bicyclic) bond motifs is 1. The highest BCUT2D eigenvalue weighted by Crippen LogP contribution is 2.32. The Bertz CT molecular complexity index is 1440. The first kappa shape index (κ1) is 22.6. The molecule has 1 saturated heterocycles. The van der Waals surface area contributed by atoms with E-state index in [4.69, 9.17) is 4.74 Å². The van der Waals surface area contributed by atoms with Crippen molar-refractivity contribution in [2.75, 3.05) is 36.5 Å². The molecule has 11 nitrogen and oxygen atoms in total. The molecule has 0 bridgehead atoms. The van der Waals surface area contributed by atoms with Crippen LogP contribution in [-0.4, -0.2) is 56.9 Å². The fourth-order valence-electron chi connectivity index (χ4n) is 3.81. The lowest BCUT2D eigenvalue weighted by Crippen LogP contribution is -2.36. The number of nitro benzene ring substituents is 1. The number of para-hydroxylation sites is 1. The topological polar surface area (TPSA) is 128 Å². The van der Waals surface area contributed by atoms with Gasteiger partial charge >= 0.3 is 0 Å². The Morgan fingerprint density at radius 1 is 1.20 bits per heavy atom. The smallest absolute Gasteiger partial charge is 0.293 e. The first-order valence-electron chi connectivity index (χ1n) is 10.9. The molecule has 3 heterocycles. The molecule has 2 aromatic heterocycles. The van der Waals surface area contributed by atoms with Crippen LogP contribution in [0.15, 0.2) is 48.5 Å². The van der Waals surface area contributed by atoms with Crippen LogP contribution in [0.4, 0.5) is 17.1 Å². The van der Waals surface area contributed by atoms with E-state index in [0.29, 0.717) is 59.0 Å². The third-order valence-corrected chi connectivity index (χ3v) is 6.47. The van der Waals surface area contributed by atoms with Gasteiger partial charge in [-0.15, -0.1) is 10.2 Å². The summed E-state index contributed by atoms with van der Waals surface area (Å²) in [5.74, 6) is 0.317. The van der Waals surface area contributed by atoms with Crippen molar-refractivity contribution in [2.24, 2.45) is 0 Å². The second kappa shape index (κ2) is 9.60. The minimum atomic E-state index is -0.402. The Morgan fingerprint density at radius 3 is 2.77 bits per heavy atom. The molecule has 0 spiro atoms. The van der Waals surface area contributed by atoms with E-state index in [-0.39, 0.29) is 11.6 Å². The van der Waals surface area contributed by atoms with Gasteiger partial charge in [-0.25, -0.2) is 0 Å². The first-order valence-corrected chi connectivity index (χ1v) is 11.7. The number of carbonyl (C=O) groups excluding carboxylic acids is 1. The standard InChI is InChI=1S/C23H21N7O4S/c1-15-25-26-23-29(15)27-22(35-23)17-4-2-3-5-18(17)24-21(31)9-7-16-6-8-19(20(14-16)30(32)33)28-10-12-34-13-11-28/h2-9,14H,10-13H2,1H3,(H,24,31)/b9-7+. The number of carbonyl (C=O) groups is 1. The third-order valence-electron chi connectivity index (χ3n) is 5.54. The van der Waals surface area contributed by atoms with Gasteiger partial charge in [0.25, 0.3) is 5.69 Å². The predicted molar refractivity (Wildman–Crippen MR) is 133 cm³/mol. The molecule has 178 valence electrons. The maximum atomic E-state index is 12.7. The molecule has 5 rings (SSSR count). The molecule has 1 amide bonds. The van der Waals surface area contributed by atoms with Gasteiger partial charge in [0.05, 0.1) is 23.8 Å². The lowest BCUT2D eigenvalue weighted by molar-refractivity contribution is -0.384. The van der Waals surface area contributed by atoms with Crippen LogP contribution in [0.1, 0.15) is 11.4 Å². The molecule has 12 heteroatoms. The van der Waals surface area contributed by atoms with E-state index >= 15 is 0 Å².